The molecule has 0 saturated carbocycles. The Morgan fingerprint density at radius 3 is 2.52 bits per heavy atom. The second-order valence-electron chi connectivity index (χ2n) is 6.85. The first kappa shape index (κ1) is 23.8. The molecule has 8 nitrogen and oxygen atoms in total. The fourth-order valence-corrected chi connectivity index (χ4v) is 4.20. The van der Waals surface area contributed by atoms with Crippen molar-refractivity contribution < 1.29 is 33.0 Å². The second kappa shape index (κ2) is 10.6. The van der Waals surface area contributed by atoms with Crippen LogP contribution in [0.2, 0.25) is 0 Å². The van der Waals surface area contributed by atoms with Crippen LogP contribution in [0.1, 0.15) is 47.5 Å². The van der Waals surface area contributed by atoms with E-state index in [9.17, 15) is 14.4 Å². The van der Waals surface area contributed by atoms with Gasteiger partial charge in [0.15, 0.2) is 5.76 Å². The Labute approximate surface area is 194 Å². The Morgan fingerprint density at radius 2 is 1.82 bits per heavy atom. The topological polar surface area (TPSA) is 104 Å². The van der Waals surface area contributed by atoms with Crippen LogP contribution < -0.4 is 10.1 Å². The molecule has 2 aromatic heterocycles. The predicted molar refractivity (Wildman–Crippen MR) is 123 cm³/mol. The van der Waals surface area contributed by atoms with E-state index in [4.69, 9.17) is 18.6 Å². The fourth-order valence-electron chi connectivity index (χ4n) is 3.10. The summed E-state index contributed by atoms with van der Waals surface area (Å²) in [5.74, 6) is -0.713. The average Bonchev–Trinajstić information content (AvgIpc) is 3.42. The van der Waals surface area contributed by atoms with Crippen molar-refractivity contribution in [2.24, 2.45) is 0 Å². The van der Waals surface area contributed by atoms with E-state index in [0.29, 0.717) is 23.5 Å². The molecule has 0 atom stereocenters. The molecule has 0 bridgehead atoms. The molecule has 33 heavy (non-hydrogen) atoms. The number of para-hydroxylation sites is 1. The molecule has 1 aromatic carbocycles. The summed E-state index contributed by atoms with van der Waals surface area (Å²) in [6.45, 7) is 5.45. The molecule has 0 aliphatic rings. The average molecular weight is 470 g/mol. The fraction of sp³-hybridized carbons (Fsp3) is 0.208. The van der Waals surface area contributed by atoms with Crippen molar-refractivity contribution in [3.05, 3.63) is 82.1 Å². The number of benzene rings is 1. The van der Waals surface area contributed by atoms with Crippen molar-refractivity contribution in [3.63, 3.8) is 0 Å². The Morgan fingerprint density at radius 1 is 1.09 bits per heavy atom. The summed E-state index contributed by atoms with van der Waals surface area (Å²) in [6, 6.07) is 10.7. The van der Waals surface area contributed by atoms with E-state index in [1.807, 2.05) is 24.3 Å². The van der Waals surface area contributed by atoms with E-state index in [0.717, 1.165) is 16.9 Å². The van der Waals surface area contributed by atoms with Gasteiger partial charge in [-0.3, -0.25) is 4.79 Å². The largest absolute Gasteiger partial charge is 0.485 e. The van der Waals surface area contributed by atoms with Gasteiger partial charge in [0.05, 0.1) is 19.8 Å². The Balaban J connectivity index is 1.75. The summed E-state index contributed by atoms with van der Waals surface area (Å²) in [5, 5.41) is 2.78. The number of allylic oxidation sites excluding steroid dienone is 1. The molecule has 172 valence electrons. The highest BCUT2D eigenvalue weighted by atomic mass is 32.1. The molecule has 1 N–H and O–H groups in total. The summed E-state index contributed by atoms with van der Waals surface area (Å²) < 4.78 is 21.0. The number of amides is 1. The summed E-state index contributed by atoms with van der Waals surface area (Å²) in [6.07, 6.45) is 2.45. The quantitative estimate of drug-likeness (QED) is 0.355. The van der Waals surface area contributed by atoms with Gasteiger partial charge in [-0.1, -0.05) is 24.3 Å². The van der Waals surface area contributed by atoms with Crippen LogP contribution in [0.4, 0.5) is 5.00 Å². The van der Waals surface area contributed by atoms with Crippen molar-refractivity contribution in [1.29, 1.82) is 0 Å². The molecule has 3 aromatic rings. The molecule has 0 saturated heterocycles. The van der Waals surface area contributed by atoms with Crippen LogP contribution in [-0.2, 0) is 22.5 Å². The third kappa shape index (κ3) is 5.32. The smallest absolute Gasteiger partial charge is 0.348 e. The first-order valence-electron chi connectivity index (χ1n) is 9.91. The number of thiophene rings is 1. The van der Waals surface area contributed by atoms with Gasteiger partial charge < -0.3 is 23.9 Å². The van der Waals surface area contributed by atoms with Gasteiger partial charge in [-0.2, -0.15) is 0 Å². The van der Waals surface area contributed by atoms with E-state index in [2.05, 4.69) is 11.9 Å². The van der Waals surface area contributed by atoms with E-state index in [-0.39, 0.29) is 27.8 Å². The molecule has 0 aliphatic heterocycles. The highest BCUT2D eigenvalue weighted by Gasteiger charge is 2.27. The van der Waals surface area contributed by atoms with Gasteiger partial charge in [-0.05, 0) is 42.7 Å². The second-order valence-corrected chi connectivity index (χ2v) is 7.87. The van der Waals surface area contributed by atoms with Crippen molar-refractivity contribution in [2.45, 2.75) is 20.0 Å². The maximum absolute atomic E-state index is 12.7. The van der Waals surface area contributed by atoms with Gasteiger partial charge >= 0.3 is 11.9 Å². The van der Waals surface area contributed by atoms with Gasteiger partial charge in [-0.15, -0.1) is 17.9 Å². The highest BCUT2D eigenvalue weighted by Crippen LogP contribution is 2.34. The van der Waals surface area contributed by atoms with Gasteiger partial charge in [-0.25, -0.2) is 9.59 Å². The SMILES string of the molecule is C=CCc1ccccc1OCc1ccc(C(=O)Nc2sc(C(=O)OC)c(C)c2C(=O)OC)o1. The van der Waals surface area contributed by atoms with Gasteiger partial charge in [0.1, 0.15) is 28.0 Å². The first-order valence-corrected chi connectivity index (χ1v) is 10.7. The normalized spacial score (nSPS) is 10.4. The lowest BCUT2D eigenvalue weighted by Crippen LogP contribution is -2.13. The number of carbonyl (C=O) groups excluding carboxylic acids is 3. The molecule has 0 spiro atoms. The third-order valence-corrected chi connectivity index (χ3v) is 5.91. The van der Waals surface area contributed by atoms with Crippen LogP contribution in [-0.4, -0.2) is 32.1 Å². The molecule has 3 rings (SSSR count). The maximum atomic E-state index is 12.7. The van der Waals surface area contributed by atoms with Crippen LogP contribution in [0.3, 0.4) is 0 Å². The number of anilines is 1. The number of esters is 2. The number of carbonyl (C=O) groups is 3. The first-order chi connectivity index (χ1) is 15.9. The van der Waals surface area contributed by atoms with Gasteiger partial charge in [0.2, 0.25) is 0 Å². The molecule has 9 heteroatoms. The molecule has 0 radical (unpaired) electrons. The van der Waals surface area contributed by atoms with Crippen molar-refractivity contribution >= 4 is 34.2 Å². The molecular weight excluding hydrogens is 446 g/mol. The number of ether oxygens (including phenoxy) is 3. The van der Waals surface area contributed by atoms with Crippen molar-refractivity contribution in [2.75, 3.05) is 19.5 Å². The molecule has 2 heterocycles. The van der Waals surface area contributed by atoms with E-state index >= 15 is 0 Å². The highest BCUT2D eigenvalue weighted by molar-refractivity contribution is 7.18. The Bertz CT molecular complexity index is 1190. The number of hydrogen-bond acceptors (Lipinski definition) is 8. The molecular formula is C24H23NO7S. The van der Waals surface area contributed by atoms with E-state index < -0.39 is 17.8 Å². The minimum Gasteiger partial charge on any atom is -0.485 e. The van der Waals surface area contributed by atoms with Gasteiger partial charge in [0.25, 0.3) is 5.91 Å². The maximum Gasteiger partial charge on any atom is 0.348 e. The lowest BCUT2D eigenvalue weighted by atomic mass is 10.1. The molecule has 1 amide bonds. The van der Waals surface area contributed by atoms with Gasteiger partial charge in [0, 0.05) is 0 Å². The molecule has 0 unspecified atom stereocenters. The minimum atomic E-state index is -0.680. The summed E-state index contributed by atoms with van der Waals surface area (Å²) in [7, 11) is 2.45. The number of methoxy groups -OCH3 is 2. The number of nitrogens with one attached hydrogen (secondary N) is 1. The predicted octanol–water partition coefficient (Wildman–Crippen LogP) is 4.78. The van der Waals surface area contributed by atoms with Crippen molar-refractivity contribution in [1.82, 2.24) is 0 Å². The zero-order valence-electron chi connectivity index (χ0n) is 18.4. The van der Waals surface area contributed by atoms with Crippen LogP contribution in [0.15, 0.2) is 53.5 Å². The summed E-state index contributed by atoms with van der Waals surface area (Å²) >= 11 is 0.924. The molecule has 0 fully saturated rings. The number of furan rings is 1. The van der Waals surface area contributed by atoms with Crippen LogP contribution in [0.25, 0.3) is 0 Å². The van der Waals surface area contributed by atoms with Crippen LogP contribution in [0, 0.1) is 6.92 Å². The van der Waals surface area contributed by atoms with Crippen LogP contribution in [0.5, 0.6) is 5.75 Å². The van der Waals surface area contributed by atoms with Crippen LogP contribution >= 0.6 is 11.3 Å². The summed E-state index contributed by atoms with van der Waals surface area (Å²) in [4.78, 5) is 37.2. The third-order valence-electron chi connectivity index (χ3n) is 4.73. The minimum absolute atomic E-state index is 0.0227. The summed E-state index contributed by atoms with van der Waals surface area (Å²) in [5.41, 5.74) is 1.44. The molecule has 0 aliphatic carbocycles. The number of rotatable bonds is 9. The lowest BCUT2D eigenvalue weighted by Gasteiger charge is -2.09. The Kier molecular flexibility index (Phi) is 7.68. The van der Waals surface area contributed by atoms with Crippen molar-refractivity contribution in [3.8, 4) is 5.75 Å². The van der Waals surface area contributed by atoms with E-state index in [1.54, 1.807) is 19.1 Å². The number of hydrogen-bond donors (Lipinski definition) is 1. The monoisotopic (exact) mass is 469 g/mol. The Hall–Kier alpha value is -3.85. The lowest BCUT2D eigenvalue weighted by molar-refractivity contribution is 0.0601. The standard InChI is InChI=1S/C24H23NO7S/c1-5-8-15-9-6-7-10-17(15)31-13-16-11-12-18(32-16)21(26)25-22-19(23(27)29-3)14(2)20(33-22)24(28)30-4/h5-7,9-12H,1,8,13H2,2-4H3,(H,25,26). The zero-order valence-corrected chi connectivity index (χ0v) is 19.2. The zero-order chi connectivity index (χ0) is 24.0. The van der Waals surface area contributed by atoms with E-state index in [1.165, 1.54) is 20.3 Å².